The van der Waals surface area contributed by atoms with E-state index in [1.165, 1.54) is 5.56 Å². The summed E-state index contributed by atoms with van der Waals surface area (Å²) < 4.78 is 5.31. The minimum Gasteiger partial charge on any atom is -0.507 e. The maximum absolute atomic E-state index is 13.1. The summed E-state index contributed by atoms with van der Waals surface area (Å²) in [5.74, 6) is -0.684. The van der Waals surface area contributed by atoms with Gasteiger partial charge in [-0.3, -0.25) is 9.59 Å². The van der Waals surface area contributed by atoms with Crippen molar-refractivity contribution in [1.82, 2.24) is 9.80 Å². The number of aryl methyl sites for hydroxylation is 2. The molecule has 0 aromatic heterocycles. The molecule has 0 saturated carbocycles. The Morgan fingerprint density at radius 1 is 1.12 bits per heavy atom. The first-order chi connectivity index (χ1) is 15.3. The molecule has 1 heterocycles. The van der Waals surface area contributed by atoms with Crippen LogP contribution in [0.1, 0.15) is 41.6 Å². The van der Waals surface area contributed by atoms with Gasteiger partial charge in [0.2, 0.25) is 0 Å². The average Bonchev–Trinajstić information content (AvgIpc) is 3.03. The summed E-state index contributed by atoms with van der Waals surface area (Å²) in [5.41, 5.74) is 3.45. The topological polar surface area (TPSA) is 70.1 Å². The van der Waals surface area contributed by atoms with Crippen LogP contribution in [0.5, 0.6) is 5.75 Å². The van der Waals surface area contributed by atoms with Crippen molar-refractivity contribution in [3.8, 4) is 5.75 Å². The Kier molecular flexibility index (Phi) is 7.36. The number of hydrogen-bond acceptors (Lipinski definition) is 5. The molecule has 2 aromatic rings. The van der Waals surface area contributed by atoms with Crippen LogP contribution in [-0.2, 0) is 16.0 Å². The Morgan fingerprint density at radius 2 is 1.81 bits per heavy atom. The van der Waals surface area contributed by atoms with Crippen LogP contribution in [-0.4, -0.2) is 60.9 Å². The van der Waals surface area contributed by atoms with Crippen molar-refractivity contribution >= 4 is 17.4 Å². The summed E-state index contributed by atoms with van der Waals surface area (Å²) in [6.07, 6.45) is 1.62. The molecule has 1 atom stereocenters. The predicted molar refractivity (Wildman–Crippen MR) is 126 cm³/mol. The maximum atomic E-state index is 13.1. The number of Topliss-reactive ketones (excluding diaryl/α,β-unsaturated/α-hetero) is 1. The molecule has 0 unspecified atom stereocenters. The molecule has 1 aliphatic heterocycles. The van der Waals surface area contributed by atoms with E-state index in [1.54, 1.807) is 30.2 Å². The number of amides is 1. The lowest BCUT2D eigenvalue weighted by molar-refractivity contribution is -0.139. The lowest BCUT2D eigenvalue weighted by atomic mass is 9.94. The van der Waals surface area contributed by atoms with Crippen molar-refractivity contribution in [2.75, 3.05) is 34.3 Å². The fraction of sp³-hybridized carbons (Fsp3) is 0.385. The molecule has 170 valence electrons. The van der Waals surface area contributed by atoms with Crippen molar-refractivity contribution in [1.29, 1.82) is 0 Å². The predicted octanol–water partition coefficient (Wildman–Crippen LogP) is 3.94. The number of ketones is 1. The average molecular weight is 437 g/mol. The van der Waals surface area contributed by atoms with Gasteiger partial charge >= 0.3 is 0 Å². The minimum absolute atomic E-state index is 0.133. The Balaban J connectivity index is 2.10. The summed E-state index contributed by atoms with van der Waals surface area (Å²) in [6.45, 7) is 5.17. The molecule has 3 rings (SSSR count). The molecule has 1 saturated heterocycles. The van der Waals surface area contributed by atoms with E-state index in [0.29, 0.717) is 17.9 Å². The van der Waals surface area contributed by atoms with Gasteiger partial charge in [-0.15, -0.1) is 0 Å². The van der Waals surface area contributed by atoms with Crippen molar-refractivity contribution in [3.63, 3.8) is 0 Å². The third-order valence-corrected chi connectivity index (χ3v) is 5.92. The molecule has 0 spiro atoms. The summed E-state index contributed by atoms with van der Waals surface area (Å²) in [7, 11) is 5.53. The third kappa shape index (κ3) is 4.70. The Hall–Kier alpha value is -3.12. The first-order valence-electron chi connectivity index (χ1n) is 11.0. The second-order valence-corrected chi connectivity index (χ2v) is 8.43. The summed E-state index contributed by atoms with van der Waals surface area (Å²) in [5, 5.41) is 11.2. The van der Waals surface area contributed by atoms with Gasteiger partial charge in [-0.25, -0.2) is 0 Å². The number of nitrogens with zero attached hydrogens (tertiary/aromatic N) is 2. The van der Waals surface area contributed by atoms with Gasteiger partial charge in [0, 0.05) is 12.1 Å². The molecule has 0 radical (unpaired) electrons. The van der Waals surface area contributed by atoms with Crippen LogP contribution in [0.15, 0.2) is 48.0 Å². The van der Waals surface area contributed by atoms with Crippen molar-refractivity contribution < 1.29 is 19.4 Å². The van der Waals surface area contributed by atoms with Crippen molar-refractivity contribution in [3.05, 3.63) is 70.3 Å². The number of aliphatic hydroxyl groups excluding tert-OH is 1. The van der Waals surface area contributed by atoms with E-state index in [1.807, 2.05) is 50.2 Å². The SMILES string of the molecule is CCc1ccc([C@H]2C(=C(O)c3ccc(OC)c(C)c3)C(=O)C(=O)N2CCCN(C)C)cc1. The van der Waals surface area contributed by atoms with Gasteiger partial charge in [-0.2, -0.15) is 0 Å². The van der Waals surface area contributed by atoms with Gasteiger partial charge in [-0.1, -0.05) is 31.2 Å². The van der Waals surface area contributed by atoms with Crippen LogP contribution >= 0.6 is 0 Å². The number of rotatable bonds is 8. The normalized spacial score (nSPS) is 17.9. The molecule has 1 aliphatic rings. The van der Waals surface area contributed by atoms with Crippen molar-refractivity contribution in [2.45, 2.75) is 32.7 Å². The zero-order valence-corrected chi connectivity index (χ0v) is 19.5. The summed E-state index contributed by atoms with van der Waals surface area (Å²) >= 11 is 0. The van der Waals surface area contributed by atoms with Crippen LogP contribution < -0.4 is 4.74 Å². The fourth-order valence-corrected chi connectivity index (χ4v) is 4.13. The third-order valence-electron chi connectivity index (χ3n) is 5.92. The number of likely N-dealkylation sites (tertiary alicyclic amines) is 1. The number of carbonyl (C=O) groups excluding carboxylic acids is 2. The van der Waals surface area contributed by atoms with Crippen LogP contribution in [0.25, 0.3) is 5.76 Å². The van der Waals surface area contributed by atoms with Crippen LogP contribution in [0.4, 0.5) is 0 Å². The Bertz CT molecular complexity index is 1020. The van der Waals surface area contributed by atoms with Crippen molar-refractivity contribution in [2.24, 2.45) is 0 Å². The van der Waals surface area contributed by atoms with Gasteiger partial charge in [-0.05, 0) is 75.3 Å². The highest BCUT2D eigenvalue weighted by Gasteiger charge is 2.45. The quantitative estimate of drug-likeness (QED) is 0.386. The monoisotopic (exact) mass is 436 g/mol. The number of carbonyl (C=O) groups is 2. The number of methoxy groups -OCH3 is 1. The molecule has 6 heteroatoms. The zero-order valence-electron chi connectivity index (χ0n) is 19.5. The lowest BCUT2D eigenvalue weighted by Gasteiger charge is -2.26. The number of hydrogen-bond donors (Lipinski definition) is 1. The highest BCUT2D eigenvalue weighted by molar-refractivity contribution is 6.46. The van der Waals surface area contributed by atoms with Gasteiger partial charge in [0.15, 0.2) is 0 Å². The molecule has 6 nitrogen and oxygen atoms in total. The minimum atomic E-state index is -0.648. The van der Waals surface area contributed by atoms with Gasteiger partial charge in [0.1, 0.15) is 11.5 Å². The van der Waals surface area contributed by atoms with E-state index in [0.717, 1.165) is 30.5 Å². The zero-order chi connectivity index (χ0) is 23.4. The number of ether oxygens (including phenoxy) is 1. The van der Waals surface area contributed by atoms with Gasteiger partial charge in [0.05, 0.1) is 18.7 Å². The van der Waals surface area contributed by atoms with E-state index >= 15 is 0 Å². The van der Waals surface area contributed by atoms with E-state index in [2.05, 4.69) is 6.92 Å². The van der Waals surface area contributed by atoms with Crippen LogP contribution in [0, 0.1) is 6.92 Å². The van der Waals surface area contributed by atoms with E-state index < -0.39 is 17.7 Å². The van der Waals surface area contributed by atoms with E-state index in [9.17, 15) is 14.7 Å². The van der Waals surface area contributed by atoms with E-state index in [4.69, 9.17) is 4.74 Å². The lowest BCUT2D eigenvalue weighted by Crippen LogP contribution is -2.32. The fourth-order valence-electron chi connectivity index (χ4n) is 4.13. The molecule has 1 N–H and O–H groups in total. The van der Waals surface area contributed by atoms with Gasteiger partial charge < -0.3 is 19.6 Å². The highest BCUT2D eigenvalue weighted by Crippen LogP contribution is 2.40. The second kappa shape index (κ2) is 10.0. The molecule has 0 bridgehead atoms. The smallest absolute Gasteiger partial charge is 0.295 e. The molecule has 2 aromatic carbocycles. The molecular weight excluding hydrogens is 404 g/mol. The first-order valence-corrected chi connectivity index (χ1v) is 11.0. The molecule has 1 fully saturated rings. The summed E-state index contributed by atoms with van der Waals surface area (Å²) in [6, 6.07) is 12.5. The second-order valence-electron chi connectivity index (χ2n) is 8.43. The van der Waals surface area contributed by atoms with Crippen LogP contribution in [0.2, 0.25) is 0 Å². The molecular formula is C26H32N2O4. The van der Waals surface area contributed by atoms with Crippen LogP contribution in [0.3, 0.4) is 0 Å². The highest BCUT2D eigenvalue weighted by atomic mass is 16.5. The molecule has 32 heavy (non-hydrogen) atoms. The van der Waals surface area contributed by atoms with Gasteiger partial charge in [0.25, 0.3) is 11.7 Å². The summed E-state index contributed by atoms with van der Waals surface area (Å²) in [4.78, 5) is 29.7. The number of aliphatic hydroxyl groups is 1. The molecule has 1 amide bonds. The van der Waals surface area contributed by atoms with E-state index in [-0.39, 0.29) is 11.3 Å². The maximum Gasteiger partial charge on any atom is 0.295 e. The standard InChI is InChI=1S/C26H32N2O4/c1-6-18-8-10-19(11-9-18)23-22(24(29)20-12-13-21(32-5)17(2)16-20)25(30)26(31)28(23)15-7-14-27(3)4/h8-13,16,23,29H,6-7,14-15H2,1-5H3/t23-/m0/s1. The number of benzene rings is 2. The Labute approximate surface area is 190 Å². The molecule has 0 aliphatic carbocycles. The first kappa shape index (κ1) is 23.5. The largest absolute Gasteiger partial charge is 0.507 e. The Morgan fingerprint density at radius 3 is 2.38 bits per heavy atom.